The van der Waals surface area contributed by atoms with Crippen LogP contribution in [0, 0.1) is 25.2 Å². The summed E-state index contributed by atoms with van der Waals surface area (Å²) >= 11 is 0. The van der Waals surface area contributed by atoms with Crippen LogP contribution in [0.4, 0.5) is 0 Å². The van der Waals surface area contributed by atoms with Gasteiger partial charge in [0.05, 0.1) is 62.1 Å². The Bertz CT molecular complexity index is 2380. The molecule has 3 aliphatic rings. The predicted molar refractivity (Wildman–Crippen MR) is 224 cm³/mol. The number of carbonyl (C=O) groups excluding carboxylic acids is 3. The molecule has 1 aliphatic carbocycles. The molecule has 14 heteroatoms. The molecular weight excluding hydrogens is 757 g/mol. The van der Waals surface area contributed by atoms with E-state index in [1.807, 2.05) is 45.9 Å². The highest BCUT2D eigenvalue weighted by Gasteiger charge is 2.54. The van der Waals surface area contributed by atoms with E-state index in [1.165, 1.54) is 14.2 Å². The summed E-state index contributed by atoms with van der Waals surface area (Å²) < 4.78 is 15.6. The minimum absolute atomic E-state index is 0.0521. The van der Waals surface area contributed by atoms with Crippen LogP contribution in [0.5, 0.6) is 0 Å². The second kappa shape index (κ2) is 19.1. The number of nitrogens with one attached hydrogen (secondary N) is 2. The molecule has 2 aromatic rings. The summed E-state index contributed by atoms with van der Waals surface area (Å²) in [7, 11) is 2.54. The normalized spacial score (nSPS) is 19.9. The van der Waals surface area contributed by atoms with Crippen molar-refractivity contribution in [2.45, 2.75) is 47.0 Å². The first kappa shape index (κ1) is 44.0. The van der Waals surface area contributed by atoms with Crippen LogP contribution in [0.1, 0.15) is 53.9 Å². The van der Waals surface area contributed by atoms with Gasteiger partial charge >= 0.3 is 17.9 Å². The average Bonchev–Trinajstić information content (AvgIpc) is 3.91. The summed E-state index contributed by atoms with van der Waals surface area (Å²) in [4.78, 5) is 66.8. The zero-order valence-electron chi connectivity index (χ0n) is 34.5. The Morgan fingerprint density at radius 3 is 2.32 bits per heavy atom. The van der Waals surface area contributed by atoms with E-state index >= 15 is 0 Å². The fourth-order valence-corrected chi connectivity index (χ4v) is 7.63. The van der Waals surface area contributed by atoms with Crippen molar-refractivity contribution >= 4 is 47.6 Å². The van der Waals surface area contributed by atoms with E-state index < -0.39 is 29.2 Å². The molecule has 0 saturated carbocycles. The van der Waals surface area contributed by atoms with Gasteiger partial charge in [0.25, 0.3) is 0 Å². The summed E-state index contributed by atoms with van der Waals surface area (Å²) in [5.74, 6) is -2.58. The van der Waals surface area contributed by atoms with Crippen molar-refractivity contribution in [3.63, 3.8) is 0 Å². The third kappa shape index (κ3) is 8.99. The monoisotopic (exact) mass is 808 g/mol. The zero-order chi connectivity index (χ0) is 43.0. The standard InChI is InChI=1S/C45H52N4O10/c1-10-29-24-46-35(26(29)4)21-39-33-14-12-31(43(53)55-8)42(44(54)56-9)45(33,7)40(49-39)23-36-28(6)32(20-25(3)59-58-19-17-51)38(48-36)22-37-30(27(5)34(11-2)47-37)13-15-41(52)57-18-16-50/h10-12,14,21-23,42,47-48,50-51H,1-3,13,15-20,24H2,4-9H3/t42-,45+/m0/s1. The van der Waals surface area contributed by atoms with E-state index in [1.54, 1.807) is 24.3 Å². The summed E-state index contributed by atoms with van der Waals surface area (Å²) in [6.45, 7) is 19.4. The maximum absolute atomic E-state index is 13.8. The van der Waals surface area contributed by atoms with Crippen LogP contribution in [0.2, 0.25) is 0 Å². The summed E-state index contributed by atoms with van der Waals surface area (Å²) in [6, 6.07) is 0. The zero-order valence-corrected chi connectivity index (χ0v) is 34.5. The number of rotatable bonds is 18. The van der Waals surface area contributed by atoms with Crippen LogP contribution in [0.25, 0.3) is 18.2 Å². The number of esters is 3. The number of hydrogen-bond donors (Lipinski definition) is 4. The molecule has 5 rings (SSSR count). The van der Waals surface area contributed by atoms with Crippen LogP contribution in [0.3, 0.4) is 0 Å². The van der Waals surface area contributed by atoms with Crippen molar-refractivity contribution in [1.82, 2.24) is 9.97 Å². The van der Waals surface area contributed by atoms with Gasteiger partial charge in [-0.3, -0.25) is 19.6 Å². The first-order chi connectivity index (χ1) is 28.3. The Morgan fingerprint density at radius 1 is 0.932 bits per heavy atom. The van der Waals surface area contributed by atoms with Gasteiger partial charge in [0.15, 0.2) is 0 Å². The maximum atomic E-state index is 13.8. The number of allylic oxidation sites excluding steroid dienone is 6. The van der Waals surface area contributed by atoms with E-state index in [4.69, 9.17) is 39.1 Å². The van der Waals surface area contributed by atoms with Crippen molar-refractivity contribution < 1.29 is 48.6 Å². The number of aliphatic imine (C=N–C) groups is 2. The van der Waals surface area contributed by atoms with Crippen molar-refractivity contribution in [2.24, 2.45) is 21.3 Å². The number of fused-ring (bicyclic) bond motifs is 1. The Labute approximate surface area is 343 Å². The Morgan fingerprint density at radius 2 is 1.68 bits per heavy atom. The first-order valence-corrected chi connectivity index (χ1v) is 19.1. The molecule has 4 N–H and O–H groups in total. The van der Waals surface area contributed by atoms with Crippen LogP contribution < -0.4 is 10.7 Å². The largest absolute Gasteiger partial charge is 0.469 e. The first-order valence-electron chi connectivity index (χ1n) is 19.1. The van der Waals surface area contributed by atoms with E-state index in [0.717, 1.165) is 50.5 Å². The Balaban J connectivity index is 1.75. The number of methoxy groups -OCH3 is 2. The molecule has 2 aliphatic heterocycles. The van der Waals surface area contributed by atoms with Crippen molar-refractivity contribution in [2.75, 3.05) is 47.2 Å². The molecule has 14 nitrogen and oxygen atoms in total. The number of ether oxygens (including phenoxy) is 3. The molecule has 59 heavy (non-hydrogen) atoms. The maximum Gasteiger partial charge on any atom is 0.334 e. The quantitative estimate of drug-likeness (QED) is 0.0430. The third-order valence-corrected chi connectivity index (χ3v) is 10.9. The van der Waals surface area contributed by atoms with E-state index in [2.05, 4.69) is 29.7 Å². The highest BCUT2D eigenvalue weighted by molar-refractivity contribution is 6.22. The molecule has 0 amide bonds. The van der Waals surface area contributed by atoms with Crippen molar-refractivity contribution in [3.05, 3.63) is 122 Å². The lowest BCUT2D eigenvalue weighted by Crippen LogP contribution is -2.44. The topological polar surface area (TPSA) is 194 Å². The number of nitrogens with zero attached hydrogens (tertiary/aromatic N) is 2. The fraction of sp³-hybridized carbons (Fsp3) is 0.356. The van der Waals surface area contributed by atoms with E-state index in [9.17, 15) is 19.5 Å². The minimum atomic E-state index is -1.20. The summed E-state index contributed by atoms with van der Waals surface area (Å²) in [5.41, 5.74) is 8.20. The lowest BCUT2D eigenvalue weighted by Gasteiger charge is -2.37. The molecule has 0 saturated heterocycles. The molecule has 0 unspecified atom stereocenters. The van der Waals surface area contributed by atoms with Gasteiger partial charge in [-0.1, -0.05) is 38.0 Å². The average molecular weight is 809 g/mol. The highest BCUT2D eigenvalue weighted by atomic mass is 17.2. The van der Waals surface area contributed by atoms with Crippen LogP contribution in [-0.4, -0.2) is 96.7 Å². The number of hydrogen-bond acceptors (Lipinski definition) is 12. The van der Waals surface area contributed by atoms with Gasteiger partial charge in [-0.05, 0) is 97.4 Å². The van der Waals surface area contributed by atoms with Gasteiger partial charge < -0.3 is 39.3 Å². The van der Waals surface area contributed by atoms with E-state index in [-0.39, 0.29) is 50.6 Å². The molecular formula is C45H52N4O10. The van der Waals surface area contributed by atoms with Gasteiger partial charge in [0, 0.05) is 34.9 Å². The SMILES string of the molecule is C=CC1=C(C)C(C=C2N=C(C=c3[nH]c(=Cc4[nH]c(C=C)c(C)c4CCC(=O)OCCO)c(CC(=C)OOCCO)c3C)[C@@]3(C)C2=CC=C(C(=O)OC)[C@H]3C(=O)OC)=NC1. The summed E-state index contributed by atoms with van der Waals surface area (Å²) in [5, 5.41) is 19.6. The predicted octanol–water partition coefficient (Wildman–Crippen LogP) is 3.81. The second-order valence-electron chi connectivity index (χ2n) is 14.3. The van der Waals surface area contributed by atoms with Gasteiger partial charge in [-0.2, -0.15) is 4.89 Å². The Hall–Kier alpha value is -6.09. The molecule has 312 valence electrons. The minimum Gasteiger partial charge on any atom is -0.469 e. The Kier molecular flexibility index (Phi) is 14.3. The molecule has 0 radical (unpaired) electrons. The van der Waals surface area contributed by atoms with Crippen LogP contribution in [0.15, 0.2) is 87.8 Å². The highest BCUT2D eigenvalue weighted by Crippen LogP contribution is 2.52. The second-order valence-corrected chi connectivity index (χ2v) is 14.3. The number of aromatic amines is 2. The van der Waals surface area contributed by atoms with Crippen LogP contribution >= 0.6 is 0 Å². The lowest BCUT2D eigenvalue weighted by molar-refractivity contribution is -0.266. The van der Waals surface area contributed by atoms with Gasteiger partial charge in [0.2, 0.25) is 0 Å². The van der Waals surface area contributed by atoms with Crippen molar-refractivity contribution in [3.8, 4) is 0 Å². The van der Waals surface area contributed by atoms with Gasteiger partial charge in [-0.25, -0.2) is 4.79 Å². The number of aromatic nitrogens is 2. The molecule has 0 aromatic carbocycles. The van der Waals surface area contributed by atoms with E-state index in [0.29, 0.717) is 40.6 Å². The van der Waals surface area contributed by atoms with Crippen LogP contribution in [-0.2, 0) is 51.2 Å². The molecule has 0 fully saturated rings. The molecule has 2 aromatic heterocycles. The third-order valence-electron chi connectivity index (χ3n) is 10.9. The van der Waals surface area contributed by atoms with Gasteiger partial charge in [-0.15, -0.1) is 0 Å². The number of aliphatic hydroxyl groups excluding tert-OH is 2. The number of aliphatic hydroxyl groups is 2. The molecule has 0 bridgehead atoms. The number of H-pyrrole nitrogens is 2. The lowest BCUT2D eigenvalue weighted by atomic mass is 9.63. The van der Waals surface area contributed by atoms with Gasteiger partial charge in [0.1, 0.15) is 24.9 Å². The number of carbonyl (C=O) groups is 3. The molecule has 0 spiro atoms. The smallest absolute Gasteiger partial charge is 0.334 e. The molecule has 2 atom stereocenters. The molecule has 4 heterocycles. The summed E-state index contributed by atoms with van der Waals surface area (Å²) in [6.07, 6.45) is 13.2. The fourth-order valence-electron chi connectivity index (χ4n) is 7.63. The van der Waals surface area contributed by atoms with Crippen molar-refractivity contribution in [1.29, 1.82) is 0 Å².